The lowest BCUT2D eigenvalue weighted by atomic mass is 9.98. The molecule has 0 spiro atoms. The Morgan fingerprint density at radius 2 is 2.08 bits per heavy atom. The van der Waals surface area contributed by atoms with E-state index in [4.69, 9.17) is 23.2 Å². The fourth-order valence-corrected chi connectivity index (χ4v) is 3.06. The predicted octanol–water partition coefficient (Wildman–Crippen LogP) is 3.51. The van der Waals surface area contributed by atoms with Crippen LogP contribution < -0.4 is 10.2 Å². The van der Waals surface area contributed by atoms with Gasteiger partial charge in [-0.15, -0.1) is 0 Å². The van der Waals surface area contributed by atoms with Crippen LogP contribution >= 0.6 is 23.2 Å². The number of rotatable bonds is 3. The molecule has 0 aromatic carbocycles. The van der Waals surface area contributed by atoms with Crippen molar-refractivity contribution in [3.63, 3.8) is 0 Å². The maximum Gasteiger partial charge on any atom is 0.213 e. The highest BCUT2D eigenvalue weighted by atomic mass is 35.5. The third kappa shape index (κ3) is 3.99. The third-order valence-electron chi connectivity index (χ3n) is 4.08. The van der Waals surface area contributed by atoms with Crippen molar-refractivity contribution in [2.75, 3.05) is 24.5 Å². The molecule has 1 aliphatic heterocycles. The summed E-state index contributed by atoms with van der Waals surface area (Å²) in [6.07, 6.45) is 1.32. The van der Waals surface area contributed by atoms with Gasteiger partial charge in [-0.25, -0.2) is 19.3 Å². The van der Waals surface area contributed by atoms with Gasteiger partial charge in [-0.05, 0) is 19.9 Å². The Hall–Kier alpha value is -1.57. The highest BCUT2D eigenvalue weighted by Crippen LogP contribution is 2.33. The molecule has 1 aliphatic rings. The number of nitrogens with zero attached hydrogens (tertiary/aromatic N) is 4. The molecule has 2 aromatic heterocycles. The van der Waals surface area contributed by atoms with Gasteiger partial charge in [-0.2, -0.15) is 4.39 Å². The summed E-state index contributed by atoms with van der Waals surface area (Å²) in [6, 6.07) is 2.42. The summed E-state index contributed by atoms with van der Waals surface area (Å²) < 4.78 is 27.7. The average molecular weight is 388 g/mol. The molecule has 1 saturated heterocycles. The predicted molar refractivity (Wildman–Crippen MR) is 94.4 cm³/mol. The second-order valence-corrected chi connectivity index (χ2v) is 7.10. The Labute approximate surface area is 154 Å². The zero-order valence-corrected chi connectivity index (χ0v) is 15.2. The van der Waals surface area contributed by atoms with Gasteiger partial charge in [-0.3, -0.25) is 0 Å². The molecule has 3 rings (SSSR count). The maximum atomic E-state index is 14.3. The molecule has 3 heterocycles. The van der Waals surface area contributed by atoms with Crippen LogP contribution in [-0.2, 0) is 0 Å². The second kappa shape index (κ2) is 6.97. The van der Waals surface area contributed by atoms with Crippen LogP contribution in [0, 0.1) is 5.95 Å². The number of aromatic nitrogens is 3. The number of alkyl halides is 1. The maximum absolute atomic E-state index is 14.3. The molecule has 25 heavy (non-hydrogen) atoms. The van der Waals surface area contributed by atoms with Crippen molar-refractivity contribution >= 4 is 29.0 Å². The number of piperazine rings is 1. The van der Waals surface area contributed by atoms with Crippen molar-refractivity contribution in [3.05, 3.63) is 34.5 Å². The molecule has 1 N–H and O–H groups in total. The molecular weight excluding hydrogens is 371 g/mol. The van der Waals surface area contributed by atoms with E-state index in [1.165, 1.54) is 26.1 Å². The van der Waals surface area contributed by atoms with Gasteiger partial charge in [-0.1, -0.05) is 23.2 Å². The van der Waals surface area contributed by atoms with Crippen molar-refractivity contribution in [3.8, 4) is 11.4 Å². The Morgan fingerprint density at radius 1 is 1.32 bits per heavy atom. The summed E-state index contributed by atoms with van der Waals surface area (Å²) in [7, 11) is 0. The molecular formula is C16H17Cl2F2N5. The Bertz CT molecular complexity index is 782. The fraction of sp³-hybridized carbons (Fsp3) is 0.438. The first-order valence-electron chi connectivity index (χ1n) is 7.78. The Kier molecular flexibility index (Phi) is 5.09. The molecule has 0 saturated carbocycles. The summed E-state index contributed by atoms with van der Waals surface area (Å²) in [5.41, 5.74) is -0.969. The van der Waals surface area contributed by atoms with Crippen LogP contribution in [0.5, 0.6) is 0 Å². The number of halogens is 4. The Balaban J connectivity index is 1.98. The number of pyridine rings is 1. The van der Waals surface area contributed by atoms with Gasteiger partial charge in [0.15, 0.2) is 16.8 Å². The van der Waals surface area contributed by atoms with E-state index in [1.807, 2.05) is 4.90 Å². The standard InChI is InChI=1S/C16H17Cl2F2N5/c1-16(2,20)10-8-25(6-5-21-10)15-12(17)13(18)23-14(24-15)9-3-4-22-11(19)7-9/h3-4,7,10,21H,5-6,8H2,1-2H3. The smallest absolute Gasteiger partial charge is 0.213 e. The van der Waals surface area contributed by atoms with E-state index >= 15 is 0 Å². The summed E-state index contributed by atoms with van der Waals surface area (Å²) in [5, 5.41) is 3.41. The van der Waals surface area contributed by atoms with Gasteiger partial charge in [0.05, 0.1) is 6.04 Å². The van der Waals surface area contributed by atoms with Crippen molar-refractivity contribution in [1.29, 1.82) is 0 Å². The van der Waals surface area contributed by atoms with Crippen LogP contribution in [0.25, 0.3) is 11.4 Å². The first kappa shape index (κ1) is 18.2. The van der Waals surface area contributed by atoms with Crippen molar-refractivity contribution in [1.82, 2.24) is 20.3 Å². The van der Waals surface area contributed by atoms with Gasteiger partial charge in [0.1, 0.15) is 10.7 Å². The summed E-state index contributed by atoms with van der Waals surface area (Å²) in [5.74, 6) is 0.0000613. The third-order valence-corrected chi connectivity index (χ3v) is 4.80. The fourth-order valence-electron chi connectivity index (χ4n) is 2.69. The molecule has 0 bridgehead atoms. The zero-order valence-electron chi connectivity index (χ0n) is 13.7. The zero-order chi connectivity index (χ0) is 18.2. The van der Waals surface area contributed by atoms with Gasteiger partial charge < -0.3 is 10.2 Å². The first-order valence-corrected chi connectivity index (χ1v) is 8.53. The number of anilines is 1. The molecule has 1 unspecified atom stereocenters. The van der Waals surface area contributed by atoms with Crippen LogP contribution in [0.3, 0.4) is 0 Å². The van der Waals surface area contributed by atoms with Gasteiger partial charge in [0.25, 0.3) is 0 Å². The van der Waals surface area contributed by atoms with Crippen molar-refractivity contribution in [2.24, 2.45) is 0 Å². The molecule has 5 nitrogen and oxygen atoms in total. The highest BCUT2D eigenvalue weighted by Gasteiger charge is 2.34. The van der Waals surface area contributed by atoms with E-state index in [9.17, 15) is 8.78 Å². The van der Waals surface area contributed by atoms with E-state index in [2.05, 4.69) is 20.3 Å². The lowest BCUT2D eigenvalue weighted by Gasteiger charge is -2.39. The normalized spacial score (nSPS) is 18.5. The van der Waals surface area contributed by atoms with E-state index < -0.39 is 11.6 Å². The quantitative estimate of drug-likeness (QED) is 0.644. The first-order chi connectivity index (χ1) is 11.8. The van der Waals surface area contributed by atoms with Gasteiger partial charge in [0, 0.05) is 37.5 Å². The van der Waals surface area contributed by atoms with Crippen LogP contribution in [0.1, 0.15) is 13.8 Å². The number of nitrogens with one attached hydrogen (secondary N) is 1. The highest BCUT2D eigenvalue weighted by molar-refractivity contribution is 6.42. The summed E-state index contributed by atoms with van der Waals surface area (Å²) >= 11 is 12.4. The SMILES string of the molecule is CC(C)(F)C1CN(c2nc(-c3ccnc(F)c3)nc(Cl)c2Cl)CCN1. The minimum Gasteiger partial charge on any atom is -0.352 e. The number of hydrogen-bond acceptors (Lipinski definition) is 5. The monoisotopic (exact) mass is 387 g/mol. The lowest BCUT2D eigenvalue weighted by Crippen LogP contribution is -2.58. The van der Waals surface area contributed by atoms with E-state index in [0.717, 1.165) is 0 Å². The number of hydrogen-bond donors (Lipinski definition) is 1. The minimum atomic E-state index is -1.40. The summed E-state index contributed by atoms with van der Waals surface area (Å²) in [4.78, 5) is 13.9. The minimum absolute atomic E-state index is 0.0634. The average Bonchev–Trinajstić information content (AvgIpc) is 2.56. The van der Waals surface area contributed by atoms with Gasteiger partial charge in [0.2, 0.25) is 5.95 Å². The van der Waals surface area contributed by atoms with Crippen LogP contribution in [0.15, 0.2) is 18.3 Å². The van der Waals surface area contributed by atoms with Crippen LogP contribution in [0.4, 0.5) is 14.6 Å². The lowest BCUT2D eigenvalue weighted by molar-refractivity contribution is 0.143. The molecule has 9 heteroatoms. The van der Waals surface area contributed by atoms with Crippen LogP contribution in [0.2, 0.25) is 10.2 Å². The molecule has 0 amide bonds. The van der Waals surface area contributed by atoms with E-state index in [-0.39, 0.29) is 22.0 Å². The van der Waals surface area contributed by atoms with Crippen molar-refractivity contribution < 1.29 is 8.78 Å². The Morgan fingerprint density at radius 3 is 2.76 bits per heavy atom. The van der Waals surface area contributed by atoms with Gasteiger partial charge >= 0.3 is 0 Å². The molecule has 1 fully saturated rings. The summed E-state index contributed by atoms with van der Waals surface area (Å²) in [6.45, 7) is 4.58. The topological polar surface area (TPSA) is 53.9 Å². The largest absolute Gasteiger partial charge is 0.352 e. The van der Waals surface area contributed by atoms with Crippen LogP contribution in [-0.4, -0.2) is 46.3 Å². The van der Waals surface area contributed by atoms with Crippen molar-refractivity contribution in [2.45, 2.75) is 25.6 Å². The molecule has 2 aromatic rings. The molecule has 134 valence electrons. The molecule has 1 atom stereocenters. The molecule has 0 aliphatic carbocycles. The second-order valence-electron chi connectivity index (χ2n) is 6.36. The molecule has 0 radical (unpaired) electrons. The van der Waals surface area contributed by atoms with E-state index in [1.54, 1.807) is 6.07 Å². The van der Waals surface area contributed by atoms with E-state index in [0.29, 0.717) is 31.0 Å².